The molecule has 0 radical (unpaired) electrons. The Hall–Kier alpha value is -8.99. The van der Waals surface area contributed by atoms with E-state index in [2.05, 4.69) is 211 Å². The molecule has 0 saturated carbocycles. The van der Waals surface area contributed by atoms with Gasteiger partial charge in [0, 0.05) is 33.5 Å². The van der Waals surface area contributed by atoms with Crippen molar-refractivity contribution in [2.24, 2.45) is 0 Å². The molecule has 316 valence electrons. The molecular weight excluding hydrogens is 813 g/mol. The van der Waals surface area contributed by atoms with Gasteiger partial charge in [0.25, 0.3) is 0 Å². The van der Waals surface area contributed by atoms with Crippen molar-refractivity contribution in [2.75, 3.05) is 4.90 Å². The van der Waals surface area contributed by atoms with Gasteiger partial charge in [-0.25, -0.2) is 15.0 Å². The van der Waals surface area contributed by atoms with Crippen molar-refractivity contribution >= 4 is 17.1 Å². The number of nitrogens with zero attached hydrogens (tertiary/aromatic N) is 4. The van der Waals surface area contributed by atoms with Crippen molar-refractivity contribution in [3.05, 3.63) is 267 Å². The summed E-state index contributed by atoms with van der Waals surface area (Å²) >= 11 is 0. The Labute approximate surface area is 391 Å². The van der Waals surface area contributed by atoms with E-state index < -0.39 is 0 Å². The number of hydrogen-bond acceptors (Lipinski definition) is 4. The third-order valence-electron chi connectivity index (χ3n) is 12.1. The maximum absolute atomic E-state index is 5.06. The lowest BCUT2D eigenvalue weighted by molar-refractivity contribution is 1.07. The van der Waals surface area contributed by atoms with E-state index in [9.17, 15) is 0 Å². The van der Waals surface area contributed by atoms with Crippen molar-refractivity contribution < 1.29 is 0 Å². The number of anilines is 3. The van der Waals surface area contributed by atoms with Crippen molar-refractivity contribution in [3.8, 4) is 89.8 Å². The molecule has 10 aromatic carbocycles. The topological polar surface area (TPSA) is 41.9 Å². The Morgan fingerprint density at radius 2 is 0.522 bits per heavy atom. The fraction of sp³-hybridized carbons (Fsp3) is 0. The number of aromatic nitrogens is 3. The van der Waals surface area contributed by atoms with Gasteiger partial charge in [0.05, 0.1) is 11.4 Å². The minimum Gasteiger partial charge on any atom is -0.309 e. The molecule has 1 aromatic heterocycles. The van der Waals surface area contributed by atoms with Crippen LogP contribution in [-0.2, 0) is 0 Å². The molecule has 0 fully saturated rings. The first kappa shape index (κ1) is 40.8. The van der Waals surface area contributed by atoms with E-state index in [-0.39, 0.29) is 0 Å². The van der Waals surface area contributed by atoms with Gasteiger partial charge in [0.1, 0.15) is 0 Å². The Morgan fingerprint density at radius 3 is 0.955 bits per heavy atom. The fourth-order valence-corrected chi connectivity index (χ4v) is 8.79. The molecule has 0 N–H and O–H groups in total. The van der Waals surface area contributed by atoms with Crippen LogP contribution >= 0.6 is 0 Å². The summed E-state index contributed by atoms with van der Waals surface area (Å²) < 4.78 is 0. The van der Waals surface area contributed by atoms with E-state index in [1.54, 1.807) is 0 Å². The zero-order chi connectivity index (χ0) is 44.8. The molecule has 11 aromatic rings. The quantitative estimate of drug-likeness (QED) is 0.130. The summed E-state index contributed by atoms with van der Waals surface area (Å²) in [6, 6.07) is 94.1. The van der Waals surface area contributed by atoms with Gasteiger partial charge in [-0.3, -0.25) is 0 Å². The number of hydrogen-bond donors (Lipinski definition) is 0. The predicted molar refractivity (Wildman–Crippen MR) is 278 cm³/mol. The summed E-state index contributed by atoms with van der Waals surface area (Å²) in [5, 5.41) is 0. The van der Waals surface area contributed by atoms with Gasteiger partial charge < -0.3 is 4.90 Å². The summed E-state index contributed by atoms with van der Waals surface area (Å²) in [4.78, 5) is 17.5. The minimum absolute atomic E-state index is 0.615. The molecule has 0 aliphatic heterocycles. The van der Waals surface area contributed by atoms with Crippen LogP contribution in [0.3, 0.4) is 0 Å². The Morgan fingerprint density at radius 1 is 0.209 bits per heavy atom. The highest BCUT2D eigenvalue weighted by atomic mass is 15.1. The van der Waals surface area contributed by atoms with Crippen LogP contribution in [0, 0.1) is 0 Å². The summed E-state index contributed by atoms with van der Waals surface area (Å²) in [5.41, 5.74) is 17.2. The molecule has 4 heteroatoms. The standard InChI is InChI=1S/C63H44N4/c1-7-21-45(22-8-1)53-37-39-59(57(43-53)47-25-11-3-12-26-47)67(60-40-38-54(46-23-9-2-10-24-46)44-58(60)48-27-13-4-14-28-48)56-36-20-34-52(42-56)51-33-19-35-55(41-51)63-65-61(49-29-15-5-16-30-49)64-62(66-63)50-31-17-6-18-32-50/h1-44H. The SMILES string of the molecule is c1ccc(-c2ccc(N(c3cccc(-c4cccc(-c5nc(-c6ccccc6)nc(-c6ccccc6)n5)c4)c3)c3ccc(-c4ccccc4)cc3-c3ccccc3)c(-c3ccccc3)c2)cc1. The summed E-state index contributed by atoms with van der Waals surface area (Å²) in [5.74, 6) is 1.88. The second-order valence-electron chi connectivity index (χ2n) is 16.4. The molecule has 0 bridgehead atoms. The Bertz CT molecular complexity index is 3250. The monoisotopic (exact) mass is 856 g/mol. The molecule has 0 aliphatic rings. The summed E-state index contributed by atoms with van der Waals surface area (Å²) in [7, 11) is 0. The van der Waals surface area contributed by atoms with Crippen LogP contribution in [-0.4, -0.2) is 15.0 Å². The maximum atomic E-state index is 5.06. The van der Waals surface area contributed by atoms with Crippen LogP contribution in [0.5, 0.6) is 0 Å². The average molecular weight is 857 g/mol. The average Bonchev–Trinajstić information content (AvgIpc) is 3.42. The van der Waals surface area contributed by atoms with Crippen molar-refractivity contribution in [3.63, 3.8) is 0 Å². The minimum atomic E-state index is 0.615. The molecule has 0 spiro atoms. The molecule has 0 amide bonds. The van der Waals surface area contributed by atoms with E-state index in [4.69, 9.17) is 15.0 Å². The van der Waals surface area contributed by atoms with Gasteiger partial charge in [0.2, 0.25) is 0 Å². The highest BCUT2D eigenvalue weighted by Crippen LogP contribution is 2.47. The Kier molecular flexibility index (Phi) is 11.3. The van der Waals surface area contributed by atoms with Crippen LogP contribution < -0.4 is 4.90 Å². The summed E-state index contributed by atoms with van der Waals surface area (Å²) in [6.07, 6.45) is 0. The second kappa shape index (κ2) is 18.6. The predicted octanol–water partition coefficient (Wildman–Crippen LogP) is 16.7. The molecule has 0 saturated heterocycles. The van der Waals surface area contributed by atoms with Crippen LogP contribution in [0.15, 0.2) is 267 Å². The van der Waals surface area contributed by atoms with Gasteiger partial charge in [-0.2, -0.15) is 0 Å². The lowest BCUT2D eigenvalue weighted by Gasteiger charge is -2.31. The van der Waals surface area contributed by atoms with Gasteiger partial charge in [0.15, 0.2) is 17.5 Å². The normalized spacial score (nSPS) is 11.0. The zero-order valence-electron chi connectivity index (χ0n) is 36.7. The molecule has 0 atom stereocenters. The smallest absolute Gasteiger partial charge is 0.164 e. The lowest BCUT2D eigenvalue weighted by atomic mass is 9.93. The highest BCUT2D eigenvalue weighted by Gasteiger charge is 2.23. The Balaban J connectivity index is 1.10. The molecule has 0 aliphatic carbocycles. The fourth-order valence-electron chi connectivity index (χ4n) is 8.79. The first-order valence-electron chi connectivity index (χ1n) is 22.6. The first-order chi connectivity index (χ1) is 33.2. The molecule has 11 rings (SSSR count). The van der Waals surface area contributed by atoms with Crippen molar-refractivity contribution in [1.29, 1.82) is 0 Å². The van der Waals surface area contributed by atoms with E-state index in [0.29, 0.717) is 17.5 Å². The van der Waals surface area contributed by atoms with Gasteiger partial charge in [-0.05, 0) is 87.0 Å². The van der Waals surface area contributed by atoms with E-state index in [0.717, 1.165) is 78.3 Å². The van der Waals surface area contributed by atoms with Gasteiger partial charge in [-0.1, -0.05) is 224 Å². The second-order valence-corrected chi connectivity index (χ2v) is 16.4. The van der Waals surface area contributed by atoms with Crippen LogP contribution in [0.2, 0.25) is 0 Å². The summed E-state index contributed by atoms with van der Waals surface area (Å²) in [6.45, 7) is 0. The van der Waals surface area contributed by atoms with Crippen LogP contribution in [0.25, 0.3) is 89.8 Å². The molecule has 4 nitrogen and oxygen atoms in total. The van der Waals surface area contributed by atoms with E-state index >= 15 is 0 Å². The highest BCUT2D eigenvalue weighted by molar-refractivity contribution is 5.96. The molecule has 67 heavy (non-hydrogen) atoms. The van der Waals surface area contributed by atoms with E-state index in [1.807, 2.05) is 60.7 Å². The third-order valence-corrected chi connectivity index (χ3v) is 12.1. The lowest BCUT2D eigenvalue weighted by Crippen LogP contribution is -2.13. The van der Waals surface area contributed by atoms with E-state index in [1.165, 1.54) is 11.1 Å². The van der Waals surface area contributed by atoms with Crippen LogP contribution in [0.1, 0.15) is 0 Å². The van der Waals surface area contributed by atoms with Crippen LogP contribution in [0.4, 0.5) is 17.1 Å². The maximum Gasteiger partial charge on any atom is 0.164 e. The van der Waals surface area contributed by atoms with Crippen molar-refractivity contribution in [2.45, 2.75) is 0 Å². The first-order valence-corrected chi connectivity index (χ1v) is 22.6. The number of benzene rings is 10. The largest absolute Gasteiger partial charge is 0.309 e. The molecular formula is C63H44N4. The third kappa shape index (κ3) is 8.68. The molecule has 1 heterocycles. The van der Waals surface area contributed by atoms with Gasteiger partial charge in [-0.15, -0.1) is 0 Å². The molecule has 0 unspecified atom stereocenters. The zero-order valence-corrected chi connectivity index (χ0v) is 36.7. The van der Waals surface area contributed by atoms with Gasteiger partial charge >= 0.3 is 0 Å². The van der Waals surface area contributed by atoms with Crippen molar-refractivity contribution in [1.82, 2.24) is 15.0 Å². The number of rotatable bonds is 11.